The average molecular weight is 180 g/mol. The molecule has 0 aliphatic heterocycles. The van der Waals surface area contributed by atoms with Crippen LogP contribution in [0.15, 0.2) is 12.4 Å². The zero-order chi connectivity index (χ0) is 9.52. The summed E-state index contributed by atoms with van der Waals surface area (Å²) in [6.07, 6.45) is 4.17. The van der Waals surface area contributed by atoms with Crippen molar-refractivity contribution in [3.05, 3.63) is 18.5 Å². The monoisotopic (exact) mass is 180 g/mol. The normalized spacial score (nSPS) is 12.5. The number of aromatic nitrogens is 2. The zero-order valence-corrected chi connectivity index (χ0v) is 7.95. The van der Waals surface area contributed by atoms with Gasteiger partial charge in [-0.3, -0.25) is 0 Å². The minimum absolute atomic E-state index is 0.271. The van der Waals surface area contributed by atoms with E-state index in [2.05, 4.69) is 28.3 Å². The first-order valence-corrected chi connectivity index (χ1v) is 4.30. The number of hydrogen-bond donors (Lipinski definition) is 1. The fraction of sp³-hybridized carbons (Fsp3) is 0.556. The lowest BCUT2D eigenvalue weighted by Gasteiger charge is -2.14. The summed E-state index contributed by atoms with van der Waals surface area (Å²) in [6.45, 7) is 2.75. The van der Waals surface area contributed by atoms with Crippen molar-refractivity contribution in [2.75, 3.05) is 19.0 Å². The van der Waals surface area contributed by atoms with Gasteiger partial charge >= 0.3 is 0 Å². The van der Waals surface area contributed by atoms with Gasteiger partial charge in [-0.05, 0) is 6.42 Å². The van der Waals surface area contributed by atoms with E-state index in [4.69, 9.17) is 4.74 Å². The van der Waals surface area contributed by atoms with E-state index in [9.17, 15) is 0 Å². The molecule has 71 valence electrons. The van der Waals surface area contributed by atoms with E-state index in [1.165, 1.54) is 0 Å². The van der Waals surface area contributed by atoms with Crippen molar-refractivity contribution in [2.45, 2.75) is 19.4 Å². The van der Waals surface area contributed by atoms with Crippen LogP contribution in [0, 0.1) is 6.07 Å². The third-order valence-electron chi connectivity index (χ3n) is 1.72. The SMILES string of the molecule is CCC(COC)Nc1nc[c]cn1. The van der Waals surface area contributed by atoms with E-state index >= 15 is 0 Å². The molecule has 4 nitrogen and oxygen atoms in total. The van der Waals surface area contributed by atoms with E-state index in [0.29, 0.717) is 12.6 Å². The highest BCUT2D eigenvalue weighted by Crippen LogP contribution is 2.01. The van der Waals surface area contributed by atoms with Gasteiger partial charge in [-0.15, -0.1) is 0 Å². The first-order chi connectivity index (χ1) is 6.36. The minimum Gasteiger partial charge on any atom is -0.383 e. The molecule has 1 radical (unpaired) electrons. The van der Waals surface area contributed by atoms with Crippen LogP contribution in [0.2, 0.25) is 0 Å². The molecule has 0 spiro atoms. The van der Waals surface area contributed by atoms with Crippen LogP contribution < -0.4 is 5.32 Å². The van der Waals surface area contributed by atoms with Crippen LogP contribution in [0.25, 0.3) is 0 Å². The molecule has 1 aromatic heterocycles. The Bertz CT molecular complexity index is 228. The number of ether oxygens (including phenoxy) is 1. The van der Waals surface area contributed by atoms with Gasteiger partial charge in [-0.25, -0.2) is 9.97 Å². The summed E-state index contributed by atoms with van der Waals surface area (Å²) in [5.41, 5.74) is 0. The maximum absolute atomic E-state index is 5.04. The molecule has 0 fully saturated rings. The maximum atomic E-state index is 5.04. The highest BCUT2D eigenvalue weighted by Gasteiger charge is 2.05. The zero-order valence-electron chi connectivity index (χ0n) is 7.95. The molecule has 1 unspecified atom stereocenters. The van der Waals surface area contributed by atoms with Crippen molar-refractivity contribution in [3.63, 3.8) is 0 Å². The van der Waals surface area contributed by atoms with Crippen molar-refractivity contribution in [2.24, 2.45) is 0 Å². The Hall–Kier alpha value is -1.16. The molecule has 0 aromatic carbocycles. The summed E-state index contributed by atoms with van der Waals surface area (Å²) in [7, 11) is 1.68. The van der Waals surface area contributed by atoms with Crippen molar-refractivity contribution < 1.29 is 4.74 Å². The summed E-state index contributed by atoms with van der Waals surface area (Å²) in [5, 5.41) is 3.16. The Morgan fingerprint density at radius 2 is 2.23 bits per heavy atom. The molecule has 4 heteroatoms. The van der Waals surface area contributed by atoms with Gasteiger partial charge in [0.1, 0.15) is 0 Å². The lowest BCUT2D eigenvalue weighted by Crippen LogP contribution is -2.24. The van der Waals surface area contributed by atoms with E-state index in [1.807, 2.05) is 0 Å². The lowest BCUT2D eigenvalue weighted by atomic mass is 10.2. The van der Waals surface area contributed by atoms with E-state index in [-0.39, 0.29) is 6.04 Å². The number of nitrogens with zero attached hydrogens (tertiary/aromatic N) is 2. The highest BCUT2D eigenvalue weighted by molar-refractivity contribution is 5.23. The molecule has 13 heavy (non-hydrogen) atoms. The molecule has 1 heterocycles. The lowest BCUT2D eigenvalue weighted by molar-refractivity contribution is 0.184. The standard InChI is InChI=1S/C9H14N3O/c1-3-8(7-13-2)12-9-10-5-4-6-11-9/h5-6,8H,3,7H2,1-2H3,(H,10,11,12). The highest BCUT2D eigenvalue weighted by atomic mass is 16.5. The predicted molar refractivity (Wildman–Crippen MR) is 50.4 cm³/mol. The molecular formula is C9H14N3O. The van der Waals surface area contributed by atoms with E-state index < -0.39 is 0 Å². The summed E-state index contributed by atoms with van der Waals surface area (Å²) in [5.74, 6) is 0.627. The van der Waals surface area contributed by atoms with Gasteiger partial charge in [0.05, 0.1) is 12.6 Å². The van der Waals surface area contributed by atoms with E-state index in [1.54, 1.807) is 19.5 Å². The van der Waals surface area contributed by atoms with Gasteiger partial charge in [-0.2, -0.15) is 0 Å². The van der Waals surface area contributed by atoms with Gasteiger partial charge in [0, 0.05) is 25.6 Å². The van der Waals surface area contributed by atoms with Crippen molar-refractivity contribution in [1.82, 2.24) is 9.97 Å². The van der Waals surface area contributed by atoms with Gasteiger partial charge in [0.25, 0.3) is 0 Å². The third kappa shape index (κ3) is 3.38. The number of rotatable bonds is 5. The van der Waals surface area contributed by atoms with Crippen molar-refractivity contribution in [1.29, 1.82) is 0 Å². The molecule has 1 N–H and O–H groups in total. The fourth-order valence-electron chi connectivity index (χ4n) is 0.983. The molecule has 0 aliphatic rings. The van der Waals surface area contributed by atoms with Crippen LogP contribution >= 0.6 is 0 Å². The number of nitrogens with one attached hydrogen (secondary N) is 1. The Morgan fingerprint density at radius 1 is 1.54 bits per heavy atom. The van der Waals surface area contributed by atoms with Crippen LogP contribution in [0.3, 0.4) is 0 Å². The number of anilines is 1. The minimum atomic E-state index is 0.271. The largest absolute Gasteiger partial charge is 0.383 e. The fourth-order valence-corrected chi connectivity index (χ4v) is 0.983. The van der Waals surface area contributed by atoms with Crippen molar-refractivity contribution >= 4 is 5.95 Å². The van der Waals surface area contributed by atoms with Crippen LogP contribution in [-0.4, -0.2) is 29.7 Å². The van der Waals surface area contributed by atoms with Gasteiger partial charge in [-0.1, -0.05) is 6.92 Å². The molecule has 1 aromatic rings. The van der Waals surface area contributed by atoms with E-state index in [0.717, 1.165) is 6.42 Å². The first kappa shape index (κ1) is 9.92. The molecule has 0 saturated carbocycles. The molecular weight excluding hydrogens is 166 g/mol. The molecule has 1 atom stereocenters. The van der Waals surface area contributed by atoms with Gasteiger partial charge in [0.15, 0.2) is 0 Å². The predicted octanol–water partition coefficient (Wildman–Crippen LogP) is 1.11. The van der Waals surface area contributed by atoms with Crippen LogP contribution in [0.1, 0.15) is 13.3 Å². The summed E-state index contributed by atoms with van der Waals surface area (Å²) < 4.78 is 5.04. The Kier molecular flexibility index (Phi) is 4.18. The summed E-state index contributed by atoms with van der Waals surface area (Å²) >= 11 is 0. The van der Waals surface area contributed by atoms with Crippen LogP contribution in [0.5, 0.6) is 0 Å². The first-order valence-electron chi connectivity index (χ1n) is 4.30. The molecule has 0 amide bonds. The molecule has 0 aliphatic carbocycles. The Labute approximate surface area is 78.4 Å². The smallest absolute Gasteiger partial charge is 0.222 e. The van der Waals surface area contributed by atoms with Crippen molar-refractivity contribution in [3.8, 4) is 0 Å². The quantitative estimate of drug-likeness (QED) is 0.737. The maximum Gasteiger partial charge on any atom is 0.222 e. The molecule has 0 saturated heterocycles. The average Bonchev–Trinajstić information content (AvgIpc) is 2.19. The van der Waals surface area contributed by atoms with Crippen LogP contribution in [-0.2, 0) is 4.74 Å². The second-order valence-corrected chi connectivity index (χ2v) is 2.71. The number of hydrogen-bond acceptors (Lipinski definition) is 4. The third-order valence-corrected chi connectivity index (χ3v) is 1.72. The summed E-state index contributed by atoms with van der Waals surface area (Å²) in [4.78, 5) is 8.03. The van der Waals surface area contributed by atoms with Gasteiger partial charge < -0.3 is 10.1 Å². The Balaban J connectivity index is 2.46. The molecule has 1 rings (SSSR count). The Morgan fingerprint density at radius 3 is 2.77 bits per heavy atom. The topological polar surface area (TPSA) is 47.0 Å². The second kappa shape index (κ2) is 5.48. The molecule has 0 bridgehead atoms. The second-order valence-electron chi connectivity index (χ2n) is 2.71. The van der Waals surface area contributed by atoms with Gasteiger partial charge in [0.2, 0.25) is 5.95 Å². The summed E-state index contributed by atoms with van der Waals surface area (Å²) in [6, 6.07) is 3.03. The van der Waals surface area contributed by atoms with Crippen LogP contribution in [0.4, 0.5) is 5.95 Å². The number of methoxy groups -OCH3 is 1.